The zero-order valence-electron chi connectivity index (χ0n) is 19.9. The molecule has 0 radical (unpaired) electrons. The minimum Gasteiger partial charge on any atom is -0.484 e. The van der Waals surface area contributed by atoms with Crippen LogP contribution >= 0.6 is 22.9 Å². The van der Waals surface area contributed by atoms with E-state index in [4.69, 9.17) is 21.1 Å². The molecule has 2 aromatic rings. The van der Waals surface area contributed by atoms with Gasteiger partial charge < -0.3 is 14.8 Å². The van der Waals surface area contributed by atoms with Crippen molar-refractivity contribution in [1.82, 2.24) is 15.2 Å². The molecule has 1 fully saturated rings. The highest BCUT2D eigenvalue weighted by atomic mass is 35.5. The van der Waals surface area contributed by atoms with Gasteiger partial charge in [0, 0.05) is 36.0 Å². The Labute approximate surface area is 214 Å². The van der Waals surface area contributed by atoms with Crippen LogP contribution in [0.25, 0.3) is 0 Å². The zero-order chi connectivity index (χ0) is 24.8. The number of halogens is 3. The fourth-order valence-electron chi connectivity index (χ4n) is 4.61. The molecular formula is C25H32ClF2N3O3S. The fraction of sp³-hybridized carbons (Fsp3) is 0.600. The Kier molecular flexibility index (Phi) is 8.83. The van der Waals surface area contributed by atoms with Crippen LogP contribution in [-0.2, 0) is 17.8 Å². The molecule has 1 amide bonds. The highest BCUT2D eigenvalue weighted by Gasteiger charge is 2.27. The summed E-state index contributed by atoms with van der Waals surface area (Å²) in [4.78, 5) is 20.2. The molecule has 10 heteroatoms. The number of fused-ring (bicyclic) bond motifs is 1. The van der Waals surface area contributed by atoms with E-state index in [2.05, 4.69) is 15.2 Å². The number of thiazole rings is 1. The lowest BCUT2D eigenvalue weighted by molar-refractivity contribution is -0.124. The molecule has 0 saturated heterocycles. The van der Waals surface area contributed by atoms with Crippen LogP contribution < -0.4 is 14.8 Å². The van der Waals surface area contributed by atoms with Gasteiger partial charge in [-0.2, -0.15) is 0 Å². The molecule has 0 bridgehead atoms. The Morgan fingerprint density at radius 1 is 1.29 bits per heavy atom. The number of benzene rings is 1. The number of rotatable bonds is 10. The van der Waals surface area contributed by atoms with E-state index in [0.29, 0.717) is 21.9 Å². The lowest BCUT2D eigenvalue weighted by atomic mass is 9.84. The number of hydrogen-bond acceptors (Lipinski definition) is 6. The van der Waals surface area contributed by atoms with Crippen LogP contribution in [0.4, 0.5) is 8.78 Å². The number of carbonyl (C=O) groups is 1. The van der Waals surface area contributed by atoms with Gasteiger partial charge in [0.05, 0.1) is 5.69 Å². The first-order valence-electron chi connectivity index (χ1n) is 12.1. The van der Waals surface area contributed by atoms with Crippen molar-refractivity contribution in [3.8, 4) is 10.9 Å². The summed E-state index contributed by atoms with van der Waals surface area (Å²) in [6.45, 7) is 2.89. The third kappa shape index (κ3) is 8.29. The Hall–Kier alpha value is -1.97. The molecule has 0 unspecified atom stereocenters. The maximum Gasteiger partial charge on any atom is 0.278 e. The zero-order valence-corrected chi connectivity index (χ0v) is 21.5. The Balaban J connectivity index is 1.13. The van der Waals surface area contributed by atoms with Gasteiger partial charge in [0.15, 0.2) is 13.2 Å². The van der Waals surface area contributed by atoms with Crippen molar-refractivity contribution in [1.29, 1.82) is 0 Å². The van der Waals surface area contributed by atoms with Gasteiger partial charge in [-0.15, -0.1) is 0 Å². The molecule has 35 heavy (non-hydrogen) atoms. The van der Waals surface area contributed by atoms with Crippen LogP contribution in [0.1, 0.15) is 49.6 Å². The van der Waals surface area contributed by atoms with Crippen molar-refractivity contribution < 1.29 is 23.0 Å². The van der Waals surface area contributed by atoms with E-state index in [9.17, 15) is 13.6 Å². The van der Waals surface area contributed by atoms with Crippen LogP contribution in [0.15, 0.2) is 24.3 Å². The standard InChI is InChI=1S/C25H32ClF2N3O3S/c1-25(27,28)16-34-24-30-21-14-31(12-10-22(21)35-24)11-9-17-5-7-19(8-6-17)29-23(32)15-33-20-4-2-3-18(26)13-20/h2-4,13,17,19H,5-12,14-16H2,1H3,(H,29,32)/t17-,19-. The third-order valence-electron chi connectivity index (χ3n) is 6.47. The molecule has 1 aromatic carbocycles. The lowest BCUT2D eigenvalue weighted by Crippen LogP contribution is -2.40. The summed E-state index contributed by atoms with van der Waals surface area (Å²) < 4.78 is 36.8. The van der Waals surface area contributed by atoms with Crippen LogP contribution in [0.2, 0.25) is 5.02 Å². The predicted octanol–water partition coefficient (Wildman–Crippen LogP) is 5.33. The molecule has 0 spiro atoms. The maximum absolute atomic E-state index is 13.0. The molecule has 1 N–H and O–H groups in total. The van der Waals surface area contributed by atoms with Crippen molar-refractivity contribution >= 4 is 28.8 Å². The number of ether oxygens (including phenoxy) is 2. The smallest absolute Gasteiger partial charge is 0.278 e. The number of amides is 1. The number of nitrogens with zero attached hydrogens (tertiary/aromatic N) is 2. The quantitative estimate of drug-likeness (QED) is 0.452. The van der Waals surface area contributed by atoms with Crippen LogP contribution in [0, 0.1) is 5.92 Å². The molecule has 1 aromatic heterocycles. The molecular weight excluding hydrogens is 496 g/mol. The summed E-state index contributed by atoms with van der Waals surface area (Å²) >= 11 is 7.33. The molecule has 6 nitrogen and oxygen atoms in total. The van der Waals surface area contributed by atoms with E-state index in [0.717, 1.165) is 75.7 Å². The summed E-state index contributed by atoms with van der Waals surface area (Å²) in [5.41, 5.74) is 0.960. The largest absolute Gasteiger partial charge is 0.484 e. The number of carbonyl (C=O) groups excluding carboxylic acids is 1. The average molecular weight is 528 g/mol. The van der Waals surface area contributed by atoms with Crippen molar-refractivity contribution in [2.45, 2.75) is 64.0 Å². The van der Waals surface area contributed by atoms with E-state index < -0.39 is 12.5 Å². The summed E-state index contributed by atoms with van der Waals surface area (Å²) in [7, 11) is 0. The Morgan fingerprint density at radius 3 is 2.83 bits per heavy atom. The maximum atomic E-state index is 13.0. The van der Waals surface area contributed by atoms with Gasteiger partial charge in [-0.3, -0.25) is 9.69 Å². The molecule has 0 atom stereocenters. The first-order valence-corrected chi connectivity index (χ1v) is 13.3. The molecule has 2 heterocycles. The second-order valence-electron chi connectivity index (χ2n) is 9.55. The molecule has 1 aliphatic heterocycles. The highest BCUT2D eigenvalue weighted by molar-refractivity contribution is 7.13. The molecule has 2 aliphatic rings. The number of alkyl halides is 2. The van der Waals surface area contributed by atoms with Crippen LogP contribution in [0.3, 0.4) is 0 Å². The predicted molar refractivity (Wildman–Crippen MR) is 133 cm³/mol. The van der Waals surface area contributed by atoms with Crippen molar-refractivity contribution in [3.63, 3.8) is 0 Å². The molecule has 1 saturated carbocycles. The molecule has 192 valence electrons. The third-order valence-corrected chi connectivity index (χ3v) is 7.77. The summed E-state index contributed by atoms with van der Waals surface area (Å²) in [5.74, 6) is -1.73. The van der Waals surface area contributed by atoms with Gasteiger partial charge in [0.1, 0.15) is 5.75 Å². The van der Waals surface area contributed by atoms with Gasteiger partial charge in [-0.1, -0.05) is 29.0 Å². The van der Waals surface area contributed by atoms with Gasteiger partial charge in [-0.05, 0) is 69.2 Å². The number of nitrogens with one attached hydrogen (secondary N) is 1. The SMILES string of the molecule is CC(F)(F)COc1nc2c(s1)CCN(CC[C@H]1CC[C@H](NC(=O)COc3cccc(Cl)c3)CC1)C2. The first-order chi connectivity index (χ1) is 16.7. The van der Waals surface area contributed by atoms with E-state index in [-0.39, 0.29) is 18.6 Å². The monoisotopic (exact) mass is 527 g/mol. The molecule has 4 rings (SSSR count). The highest BCUT2D eigenvalue weighted by Crippen LogP contribution is 2.32. The van der Waals surface area contributed by atoms with Crippen molar-refractivity contribution in [3.05, 3.63) is 39.9 Å². The lowest BCUT2D eigenvalue weighted by Gasteiger charge is -2.32. The van der Waals surface area contributed by atoms with E-state index >= 15 is 0 Å². The normalized spacial score (nSPS) is 20.8. The van der Waals surface area contributed by atoms with Gasteiger partial charge >= 0.3 is 0 Å². The second kappa shape index (κ2) is 11.8. The van der Waals surface area contributed by atoms with Gasteiger partial charge in [0.2, 0.25) is 0 Å². The molecule has 1 aliphatic carbocycles. The fourth-order valence-corrected chi connectivity index (χ4v) is 5.69. The first kappa shape index (κ1) is 26.1. The Morgan fingerprint density at radius 2 is 2.09 bits per heavy atom. The topological polar surface area (TPSA) is 63.7 Å². The van der Waals surface area contributed by atoms with Crippen molar-refractivity contribution in [2.24, 2.45) is 5.92 Å². The van der Waals surface area contributed by atoms with Crippen molar-refractivity contribution in [2.75, 3.05) is 26.3 Å². The van der Waals surface area contributed by atoms with E-state index in [1.54, 1.807) is 24.3 Å². The van der Waals surface area contributed by atoms with Crippen LogP contribution in [-0.4, -0.2) is 54.1 Å². The number of hydrogen-bond donors (Lipinski definition) is 1. The summed E-state index contributed by atoms with van der Waals surface area (Å²) in [5, 5.41) is 4.01. The van der Waals surface area contributed by atoms with E-state index in [1.165, 1.54) is 11.3 Å². The van der Waals surface area contributed by atoms with Gasteiger partial charge in [-0.25, -0.2) is 13.8 Å². The average Bonchev–Trinajstić information content (AvgIpc) is 3.23. The van der Waals surface area contributed by atoms with Gasteiger partial charge in [0.25, 0.3) is 17.0 Å². The summed E-state index contributed by atoms with van der Waals surface area (Å²) in [6, 6.07) is 7.22. The van der Waals surface area contributed by atoms with Crippen LogP contribution in [0.5, 0.6) is 10.9 Å². The minimum absolute atomic E-state index is 0.0124. The minimum atomic E-state index is -2.86. The summed E-state index contributed by atoms with van der Waals surface area (Å²) in [6.07, 6.45) is 6.15. The number of aromatic nitrogens is 1. The Bertz CT molecular complexity index is 993. The second-order valence-corrected chi connectivity index (χ2v) is 11.0. The van der Waals surface area contributed by atoms with E-state index in [1.807, 2.05) is 0 Å².